The zero-order valence-corrected chi connectivity index (χ0v) is 10.7. The van der Waals surface area contributed by atoms with E-state index in [1.165, 1.54) is 11.3 Å². The molecule has 0 bridgehead atoms. The lowest BCUT2D eigenvalue weighted by Crippen LogP contribution is -2.26. The zero-order chi connectivity index (χ0) is 12.5. The maximum atomic E-state index is 12.3. The van der Waals surface area contributed by atoms with Crippen LogP contribution in [0.4, 0.5) is 0 Å². The minimum atomic E-state index is 0.0147. The third-order valence-electron chi connectivity index (χ3n) is 2.89. The van der Waals surface area contributed by atoms with E-state index in [9.17, 15) is 4.79 Å². The lowest BCUT2D eigenvalue weighted by Gasteiger charge is -2.14. The van der Waals surface area contributed by atoms with Gasteiger partial charge in [0.15, 0.2) is 0 Å². The van der Waals surface area contributed by atoms with Gasteiger partial charge in [-0.1, -0.05) is 0 Å². The van der Waals surface area contributed by atoms with Crippen molar-refractivity contribution in [3.8, 4) is 0 Å². The highest BCUT2D eigenvalue weighted by Gasteiger charge is 2.11. The summed E-state index contributed by atoms with van der Waals surface area (Å²) in [7, 11) is 0. The van der Waals surface area contributed by atoms with Crippen molar-refractivity contribution in [3.63, 3.8) is 0 Å². The smallest absolute Gasteiger partial charge is 0.262 e. The Balaban J connectivity index is 1.98. The summed E-state index contributed by atoms with van der Waals surface area (Å²) in [4.78, 5) is 17.4. The Morgan fingerprint density at radius 2 is 2.39 bits per heavy atom. The summed E-state index contributed by atoms with van der Waals surface area (Å²) in [6, 6.07) is 3.72. The number of hydrogen-bond donors (Lipinski definition) is 0. The topological polar surface area (TPSA) is 52.7 Å². The zero-order valence-electron chi connectivity index (χ0n) is 9.85. The lowest BCUT2D eigenvalue weighted by atomic mass is 10.3. The molecule has 0 fully saturated rings. The second-order valence-electron chi connectivity index (χ2n) is 4.17. The highest BCUT2D eigenvalue weighted by atomic mass is 32.1. The Morgan fingerprint density at radius 3 is 3.17 bits per heavy atom. The normalized spacial score (nSPS) is 12.9. The minimum absolute atomic E-state index is 0.0147. The molecule has 0 amide bonds. The van der Waals surface area contributed by atoms with Gasteiger partial charge in [-0.2, -0.15) is 5.10 Å². The first kappa shape index (κ1) is 11.2. The quantitative estimate of drug-likeness (QED) is 0.723. The first-order chi connectivity index (χ1) is 8.75. The van der Waals surface area contributed by atoms with Crippen LogP contribution in [0.2, 0.25) is 0 Å². The van der Waals surface area contributed by atoms with Crippen molar-refractivity contribution in [1.29, 1.82) is 0 Å². The molecule has 0 aliphatic heterocycles. The summed E-state index contributed by atoms with van der Waals surface area (Å²) in [5.41, 5.74) is 0.0147. The van der Waals surface area contributed by atoms with Gasteiger partial charge in [-0.25, -0.2) is 4.98 Å². The SMILES string of the molecule is C[C@H](Cn1cccn1)n1cnc2sccc2c1=O. The van der Waals surface area contributed by atoms with Crippen LogP contribution in [0.15, 0.2) is 41.0 Å². The summed E-state index contributed by atoms with van der Waals surface area (Å²) < 4.78 is 3.48. The third-order valence-corrected chi connectivity index (χ3v) is 3.72. The van der Waals surface area contributed by atoms with Crippen molar-refractivity contribution in [2.75, 3.05) is 0 Å². The van der Waals surface area contributed by atoms with E-state index in [1.54, 1.807) is 17.1 Å². The molecule has 3 rings (SSSR count). The molecule has 0 aliphatic rings. The molecule has 5 nitrogen and oxygen atoms in total. The van der Waals surface area contributed by atoms with E-state index in [1.807, 2.05) is 35.3 Å². The van der Waals surface area contributed by atoms with E-state index >= 15 is 0 Å². The summed E-state index contributed by atoms with van der Waals surface area (Å²) in [6.45, 7) is 2.65. The van der Waals surface area contributed by atoms with Gasteiger partial charge in [0.05, 0.1) is 24.3 Å². The molecule has 0 unspecified atom stereocenters. The standard InChI is InChI=1S/C12H12N4OS/c1-9(7-15-5-2-4-14-15)16-8-13-11-10(12(16)17)3-6-18-11/h2-6,8-9H,7H2,1H3/t9-/m1/s1. The van der Waals surface area contributed by atoms with Crippen LogP contribution in [0.5, 0.6) is 0 Å². The Bertz CT molecular complexity index is 713. The van der Waals surface area contributed by atoms with Gasteiger partial charge < -0.3 is 0 Å². The Kier molecular flexibility index (Phi) is 2.71. The van der Waals surface area contributed by atoms with Gasteiger partial charge in [-0.3, -0.25) is 14.0 Å². The van der Waals surface area contributed by atoms with Gasteiger partial charge in [0.1, 0.15) is 4.83 Å². The molecule has 0 saturated carbocycles. The minimum Gasteiger partial charge on any atom is -0.294 e. The largest absolute Gasteiger partial charge is 0.294 e. The highest BCUT2D eigenvalue weighted by molar-refractivity contribution is 7.16. The number of fused-ring (bicyclic) bond motifs is 1. The van der Waals surface area contributed by atoms with Crippen molar-refractivity contribution < 1.29 is 0 Å². The Labute approximate surface area is 107 Å². The van der Waals surface area contributed by atoms with Crippen LogP contribution in [0.25, 0.3) is 10.2 Å². The average molecular weight is 260 g/mol. The first-order valence-electron chi connectivity index (χ1n) is 5.67. The number of thiophene rings is 1. The van der Waals surface area contributed by atoms with E-state index in [2.05, 4.69) is 10.1 Å². The molecule has 0 spiro atoms. The van der Waals surface area contributed by atoms with E-state index in [0.717, 1.165) is 4.83 Å². The summed E-state index contributed by atoms with van der Waals surface area (Å²) in [5.74, 6) is 0. The molecule has 0 radical (unpaired) electrons. The Morgan fingerprint density at radius 1 is 1.50 bits per heavy atom. The summed E-state index contributed by atoms with van der Waals surface area (Å²) in [5, 5.41) is 6.73. The fraction of sp³-hybridized carbons (Fsp3) is 0.250. The molecular formula is C12H12N4OS. The second kappa shape index (κ2) is 4.38. The van der Waals surface area contributed by atoms with Gasteiger partial charge >= 0.3 is 0 Å². The molecule has 92 valence electrons. The van der Waals surface area contributed by atoms with Crippen LogP contribution >= 0.6 is 11.3 Å². The van der Waals surface area contributed by atoms with E-state index < -0.39 is 0 Å². The first-order valence-corrected chi connectivity index (χ1v) is 6.55. The molecule has 3 heterocycles. The summed E-state index contributed by atoms with van der Waals surface area (Å²) in [6.07, 6.45) is 5.24. The predicted molar refractivity (Wildman–Crippen MR) is 70.8 cm³/mol. The van der Waals surface area contributed by atoms with Crippen LogP contribution < -0.4 is 5.56 Å². The van der Waals surface area contributed by atoms with Crippen molar-refractivity contribution in [2.24, 2.45) is 0 Å². The maximum absolute atomic E-state index is 12.3. The van der Waals surface area contributed by atoms with Crippen molar-refractivity contribution in [3.05, 3.63) is 46.6 Å². The van der Waals surface area contributed by atoms with Gasteiger partial charge in [-0.05, 0) is 24.4 Å². The number of nitrogens with zero attached hydrogens (tertiary/aromatic N) is 4. The molecule has 3 aromatic rings. The maximum Gasteiger partial charge on any atom is 0.262 e. The second-order valence-corrected chi connectivity index (χ2v) is 5.07. The van der Waals surface area contributed by atoms with Crippen LogP contribution in [0, 0.1) is 0 Å². The van der Waals surface area contributed by atoms with Gasteiger partial charge in [-0.15, -0.1) is 11.3 Å². The van der Waals surface area contributed by atoms with Crippen molar-refractivity contribution in [2.45, 2.75) is 19.5 Å². The van der Waals surface area contributed by atoms with Crippen molar-refractivity contribution >= 4 is 21.6 Å². The number of rotatable bonds is 3. The van der Waals surface area contributed by atoms with Gasteiger partial charge in [0, 0.05) is 12.4 Å². The van der Waals surface area contributed by atoms with E-state index in [-0.39, 0.29) is 11.6 Å². The molecule has 6 heteroatoms. The molecule has 0 aliphatic carbocycles. The molecule has 3 aromatic heterocycles. The molecule has 0 N–H and O–H groups in total. The third kappa shape index (κ3) is 1.84. The molecular weight excluding hydrogens is 248 g/mol. The van der Waals surface area contributed by atoms with E-state index in [4.69, 9.17) is 0 Å². The number of hydrogen-bond acceptors (Lipinski definition) is 4. The van der Waals surface area contributed by atoms with Crippen LogP contribution in [-0.2, 0) is 6.54 Å². The lowest BCUT2D eigenvalue weighted by molar-refractivity contribution is 0.426. The number of aromatic nitrogens is 4. The van der Waals surface area contributed by atoms with Gasteiger partial charge in [0.2, 0.25) is 0 Å². The van der Waals surface area contributed by atoms with Crippen molar-refractivity contribution in [1.82, 2.24) is 19.3 Å². The fourth-order valence-corrected chi connectivity index (χ4v) is 2.67. The predicted octanol–water partition coefficient (Wildman–Crippen LogP) is 1.92. The Hall–Kier alpha value is -1.95. The fourth-order valence-electron chi connectivity index (χ4n) is 1.95. The van der Waals surface area contributed by atoms with Crippen LogP contribution in [0.1, 0.15) is 13.0 Å². The average Bonchev–Trinajstić information content (AvgIpc) is 2.99. The molecule has 0 aromatic carbocycles. The van der Waals surface area contributed by atoms with Crippen LogP contribution in [0.3, 0.4) is 0 Å². The molecule has 1 atom stereocenters. The van der Waals surface area contributed by atoms with Crippen LogP contribution in [-0.4, -0.2) is 19.3 Å². The molecule has 0 saturated heterocycles. The monoisotopic (exact) mass is 260 g/mol. The highest BCUT2D eigenvalue weighted by Crippen LogP contribution is 2.15. The van der Waals surface area contributed by atoms with E-state index in [0.29, 0.717) is 11.9 Å². The molecule has 18 heavy (non-hydrogen) atoms. The summed E-state index contributed by atoms with van der Waals surface area (Å²) >= 11 is 1.49. The van der Waals surface area contributed by atoms with Gasteiger partial charge in [0.25, 0.3) is 5.56 Å².